The van der Waals surface area contributed by atoms with Crippen LogP contribution >= 0.6 is 39.1 Å². The lowest BCUT2D eigenvalue weighted by molar-refractivity contribution is 0.117. The normalized spacial score (nSPS) is 12.0. The molecule has 0 amide bonds. The Hall–Kier alpha value is -0.940. The molecule has 2 aromatic carbocycles. The molecule has 2 N–H and O–H groups in total. The second-order valence-corrected chi connectivity index (χ2v) is 6.11. The molecule has 2 rings (SSSR count). The van der Waals surface area contributed by atoms with E-state index in [0.717, 1.165) is 4.47 Å². The molecule has 0 aliphatic heterocycles. The van der Waals surface area contributed by atoms with Crippen LogP contribution in [0.25, 0.3) is 0 Å². The fraction of sp³-hybridized carbons (Fsp3) is 0.200. The molecule has 0 aliphatic carbocycles. The number of halogens is 3. The quantitative estimate of drug-likeness (QED) is 0.756. The molecule has 2 aromatic rings. The highest BCUT2D eigenvalue weighted by Crippen LogP contribution is 2.29. The van der Waals surface area contributed by atoms with Gasteiger partial charge < -0.3 is 15.2 Å². The lowest BCUT2D eigenvalue weighted by atomic mass is 10.3. The van der Waals surface area contributed by atoms with E-state index in [0.29, 0.717) is 28.0 Å². The summed E-state index contributed by atoms with van der Waals surface area (Å²) in [6.45, 7) is 0.496. The summed E-state index contributed by atoms with van der Waals surface area (Å²) in [6, 6.07) is 12.8. The lowest BCUT2D eigenvalue weighted by Crippen LogP contribution is -2.26. The van der Waals surface area contributed by atoms with Gasteiger partial charge in [-0.15, -0.1) is 0 Å². The molecule has 0 spiro atoms. The topological polar surface area (TPSA) is 41.5 Å². The van der Waals surface area contributed by atoms with Gasteiger partial charge in [-0.05, 0) is 30.3 Å². The van der Waals surface area contributed by atoms with Gasteiger partial charge in [0.25, 0.3) is 0 Å². The van der Waals surface area contributed by atoms with E-state index in [9.17, 15) is 5.11 Å². The Balaban J connectivity index is 1.82. The number of aliphatic hydroxyl groups is 1. The largest absolute Gasteiger partial charge is 0.491 e. The molecule has 0 fully saturated rings. The molecule has 3 nitrogen and oxygen atoms in total. The third-order valence-corrected chi connectivity index (χ3v) is 4.03. The summed E-state index contributed by atoms with van der Waals surface area (Å²) in [5, 5.41) is 13.9. The van der Waals surface area contributed by atoms with E-state index in [-0.39, 0.29) is 6.61 Å². The molecular weight excluding hydrogens is 377 g/mol. The Labute approximate surface area is 142 Å². The van der Waals surface area contributed by atoms with Crippen LogP contribution in [0.3, 0.4) is 0 Å². The van der Waals surface area contributed by atoms with Gasteiger partial charge in [-0.3, -0.25) is 0 Å². The molecule has 21 heavy (non-hydrogen) atoms. The van der Waals surface area contributed by atoms with Crippen LogP contribution in [0.1, 0.15) is 0 Å². The zero-order valence-corrected chi connectivity index (χ0v) is 14.1. The van der Waals surface area contributed by atoms with Crippen molar-refractivity contribution >= 4 is 44.8 Å². The van der Waals surface area contributed by atoms with Crippen LogP contribution in [0.4, 0.5) is 5.69 Å². The summed E-state index contributed by atoms with van der Waals surface area (Å²) in [4.78, 5) is 0. The number of nitrogens with one attached hydrogen (secondary N) is 1. The second kappa shape index (κ2) is 7.90. The predicted molar refractivity (Wildman–Crippen MR) is 90.6 cm³/mol. The summed E-state index contributed by atoms with van der Waals surface area (Å²) in [5.74, 6) is 0.698. The summed E-state index contributed by atoms with van der Waals surface area (Å²) < 4.78 is 6.44. The predicted octanol–water partition coefficient (Wildman–Crippen LogP) is 4.61. The summed E-state index contributed by atoms with van der Waals surface area (Å²) in [6.07, 6.45) is -0.668. The first-order valence-electron chi connectivity index (χ1n) is 6.30. The molecule has 0 bridgehead atoms. The Kier molecular flexibility index (Phi) is 6.18. The van der Waals surface area contributed by atoms with Gasteiger partial charge in [-0.2, -0.15) is 0 Å². The Morgan fingerprint density at radius 3 is 2.71 bits per heavy atom. The van der Waals surface area contributed by atoms with Crippen LogP contribution in [-0.4, -0.2) is 24.4 Å². The number of ether oxygens (including phenoxy) is 1. The average molecular weight is 391 g/mol. The van der Waals surface area contributed by atoms with Gasteiger partial charge in [0.05, 0.1) is 15.7 Å². The van der Waals surface area contributed by atoms with Crippen molar-refractivity contribution in [1.29, 1.82) is 0 Å². The smallest absolute Gasteiger partial charge is 0.120 e. The number of benzene rings is 2. The van der Waals surface area contributed by atoms with Gasteiger partial charge >= 0.3 is 0 Å². The molecule has 0 aromatic heterocycles. The molecule has 0 saturated carbocycles. The number of rotatable bonds is 6. The minimum atomic E-state index is -0.668. The monoisotopic (exact) mass is 389 g/mol. The molecule has 1 unspecified atom stereocenters. The molecule has 0 heterocycles. The zero-order valence-electron chi connectivity index (χ0n) is 11.0. The van der Waals surface area contributed by atoms with Crippen LogP contribution in [-0.2, 0) is 0 Å². The zero-order chi connectivity index (χ0) is 15.2. The van der Waals surface area contributed by atoms with Crippen molar-refractivity contribution in [3.8, 4) is 5.75 Å². The number of anilines is 1. The van der Waals surface area contributed by atoms with Gasteiger partial charge in [0.15, 0.2) is 0 Å². The maximum absolute atomic E-state index is 9.93. The standard InChI is InChI=1S/C15H14BrCl2NO2/c16-10-3-1-4-12(7-10)21-9-11(20)8-19-14-6-2-5-13(17)15(14)18/h1-7,11,19-20H,8-9H2. The van der Waals surface area contributed by atoms with Crippen LogP contribution < -0.4 is 10.1 Å². The third kappa shape index (κ3) is 5.08. The fourth-order valence-corrected chi connectivity index (χ4v) is 2.42. The van der Waals surface area contributed by atoms with E-state index >= 15 is 0 Å². The molecule has 0 radical (unpaired) electrons. The average Bonchev–Trinajstić information content (AvgIpc) is 2.47. The molecule has 0 aliphatic rings. The third-order valence-electron chi connectivity index (χ3n) is 2.72. The van der Waals surface area contributed by atoms with Crippen LogP contribution in [0.2, 0.25) is 10.0 Å². The first kappa shape index (κ1) is 16.4. The van der Waals surface area contributed by atoms with E-state index in [1.54, 1.807) is 18.2 Å². The van der Waals surface area contributed by atoms with Crippen molar-refractivity contribution < 1.29 is 9.84 Å². The minimum absolute atomic E-state index is 0.182. The first-order valence-corrected chi connectivity index (χ1v) is 7.85. The van der Waals surface area contributed by atoms with Crippen LogP contribution in [0.15, 0.2) is 46.9 Å². The Morgan fingerprint density at radius 1 is 1.19 bits per heavy atom. The van der Waals surface area contributed by atoms with Crippen molar-refractivity contribution in [3.05, 3.63) is 57.0 Å². The van der Waals surface area contributed by atoms with Gasteiger partial charge in [0, 0.05) is 11.0 Å². The minimum Gasteiger partial charge on any atom is -0.491 e. The van der Waals surface area contributed by atoms with Gasteiger partial charge in [0.1, 0.15) is 18.5 Å². The van der Waals surface area contributed by atoms with E-state index < -0.39 is 6.10 Å². The van der Waals surface area contributed by atoms with Crippen molar-refractivity contribution in [2.24, 2.45) is 0 Å². The number of hydrogen-bond acceptors (Lipinski definition) is 3. The molecule has 112 valence electrons. The maximum atomic E-state index is 9.93. The summed E-state index contributed by atoms with van der Waals surface area (Å²) in [5.41, 5.74) is 0.686. The van der Waals surface area contributed by atoms with Gasteiger partial charge in [-0.25, -0.2) is 0 Å². The molecule has 6 heteroatoms. The van der Waals surface area contributed by atoms with Crippen molar-refractivity contribution in [1.82, 2.24) is 0 Å². The fourth-order valence-electron chi connectivity index (χ4n) is 1.68. The van der Waals surface area contributed by atoms with Crippen molar-refractivity contribution in [3.63, 3.8) is 0 Å². The van der Waals surface area contributed by atoms with Crippen molar-refractivity contribution in [2.45, 2.75) is 6.10 Å². The van der Waals surface area contributed by atoms with E-state index in [2.05, 4.69) is 21.2 Å². The first-order chi connectivity index (χ1) is 10.1. The number of hydrogen-bond donors (Lipinski definition) is 2. The molecule has 1 atom stereocenters. The summed E-state index contributed by atoms with van der Waals surface area (Å²) >= 11 is 15.3. The SMILES string of the molecule is OC(CNc1cccc(Cl)c1Cl)COc1cccc(Br)c1. The highest BCUT2D eigenvalue weighted by molar-refractivity contribution is 9.10. The van der Waals surface area contributed by atoms with E-state index in [1.165, 1.54) is 0 Å². The van der Waals surface area contributed by atoms with Crippen molar-refractivity contribution in [2.75, 3.05) is 18.5 Å². The highest BCUT2D eigenvalue weighted by Gasteiger charge is 2.08. The molecule has 0 saturated heterocycles. The lowest BCUT2D eigenvalue weighted by Gasteiger charge is -2.15. The summed E-state index contributed by atoms with van der Waals surface area (Å²) in [7, 11) is 0. The van der Waals surface area contributed by atoms with Gasteiger partial charge in [0.2, 0.25) is 0 Å². The maximum Gasteiger partial charge on any atom is 0.120 e. The second-order valence-electron chi connectivity index (χ2n) is 4.40. The Morgan fingerprint density at radius 2 is 1.95 bits per heavy atom. The van der Waals surface area contributed by atoms with Gasteiger partial charge in [-0.1, -0.05) is 51.3 Å². The highest BCUT2D eigenvalue weighted by atomic mass is 79.9. The van der Waals surface area contributed by atoms with E-state index in [1.807, 2.05) is 24.3 Å². The Bertz CT molecular complexity index is 610. The van der Waals surface area contributed by atoms with E-state index in [4.69, 9.17) is 27.9 Å². The number of aliphatic hydroxyl groups excluding tert-OH is 1. The van der Waals surface area contributed by atoms with Crippen LogP contribution in [0, 0.1) is 0 Å². The van der Waals surface area contributed by atoms with Crippen LogP contribution in [0.5, 0.6) is 5.75 Å². The molecular formula is C15H14BrCl2NO2.